The fraction of sp³-hybridized carbons (Fsp3) is 0.294. The summed E-state index contributed by atoms with van der Waals surface area (Å²) in [5, 5.41) is 6.74. The third kappa shape index (κ3) is 4.31. The molecule has 2 N–H and O–H groups in total. The van der Waals surface area contributed by atoms with Gasteiger partial charge in [-0.15, -0.1) is 0 Å². The Bertz CT molecular complexity index is 558. The molecule has 0 spiro atoms. The molecule has 4 heteroatoms. The third-order valence-electron chi connectivity index (χ3n) is 3.05. The second kappa shape index (κ2) is 8.04. The Kier molecular flexibility index (Phi) is 5.76. The zero-order valence-electron chi connectivity index (χ0n) is 12.6. The number of para-hydroxylation sites is 4. The van der Waals surface area contributed by atoms with Gasteiger partial charge in [-0.1, -0.05) is 24.3 Å². The smallest absolute Gasteiger partial charge is 0.142 e. The van der Waals surface area contributed by atoms with Crippen molar-refractivity contribution < 1.29 is 9.47 Å². The van der Waals surface area contributed by atoms with Gasteiger partial charge in [-0.05, 0) is 31.2 Å². The molecule has 2 aromatic rings. The summed E-state index contributed by atoms with van der Waals surface area (Å²) in [7, 11) is 1.68. The average molecular weight is 286 g/mol. The quantitative estimate of drug-likeness (QED) is 0.727. The predicted molar refractivity (Wildman–Crippen MR) is 87.6 cm³/mol. The van der Waals surface area contributed by atoms with Crippen molar-refractivity contribution in [2.75, 3.05) is 37.4 Å². The Morgan fingerprint density at radius 2 is 1.33 bits per heavy atom. The monoisotopic (exact) mass is 286 g/mol. The number of rotatable bonds is 8. The molecule has 4 nitrogen and oxygen atoms in total. The van der Waals surface area contributed by atoms with Crippen LogP contribution in [0, 0.1) is 0 Å². The minimum absolute atomic E-state index is 0.665. The Morgan fingerprint density at radius 1 is 0.810 bits per heavy atom. The number of anilines is 2. The minimum atomic E-state index is 0.665. The van der Waals surface area contributed by atoms with E-state index in [1.807, 2.05) is 55.5 Å². The molecule has 0 amide bonds. The van der Waals surface area contributed by atoms with Gasteiger partial charge in [0.2, 0.25) is 0 Å². The second-order valence-electron chi connectivity index (χ2n) is 4.48. The van der Waals surface area contributed by atoms with Crippen molar-refractivity contribution in [3.8, 4) is 11.5 Å². The van der Waals surface area contributed by atoms with Crippen LogP contribution in [0.3, 0.4) is 0 Å². The van der Waals surface area contributed by atoms with Gasteiger partial charge in [-0.3, -0.25) is 0 Å². The van der Waals surface area contributed by atoms with Gasteiger partial charge < -0.3 is 20.1 Å². The summed E-state index contributed by atoms with van der Waals surface area (Å²) in [5.74, 6) is 1.74. The molecule has 0 radical (unpaired) electrons. The highest BCUT2D eigenvalue weighted by atomic mass is 16.5. The van der Waals surface area contributed by atoms with Gasteiger partial charge in [0.25, 0.3) is 0 Å². The first kappa shape index (κ1) is 15.0. The summed E-state index contributed by atoms with van der Waals surface area (Å²) < 4.78 is 10.9. The van der Waals surface area contributed by atoms with Crippen LogP contribution in [0.25, 0.3) is 0 Å². The highest BCUT2D eigenvalue weighted by molar-refractivity contribution is 5.58. The molecule has 112 valence electrons. The van der Waals surface area contributed by atoms with Gasteiger partial charge in [0, 0.05) is 13.1 Å². The molecule has 2 rings (SSSR count). The van der Waals surface area contributed by atoms with E-state index in [2.05, 4.69) is 10.6 Å². The SMILES string of the molecule is CCOc1ccccc1NCCNc1ccccc1OC. The minimum Gasteiger partial charge on any atom is -0.495 e. The maximum Gasteiger partial charge on any atom is 0.142 e. The first-order valence-electron chi connectivity index (χ1n) is 7.17. The molecule has 0 unspecified atom stereocenters. The molecule has 0 aliphatic rings. The van der Waals surface area contributed by atoms with Crippen LogP contribution in [0.4, 0.5) is 11.4 Å². The number of hydrogen-bond donors (Lipinski definition) is 2. The van der Waals surface area contributed by atoms with Crippen LogP contribution in [0.1, 0.15) is 6.92 Å². The molecular weight excluding hydrogens is 264 g/mol. The summed E-state index contributed by atoms with van der Waals surface area (Å²) in [4.78, 5) is 0. The maximum atomic E-state index is 5.59. The van der Waals surface area contributed by atoms with Gasteiger partial charge in [0.15, 0.2) is 0 Å². The number of ether oxygens (including phenoxy) is 2. The van der Waals surface area contributed by atoms with Crippen molar-refractivity contribution in [2.45, 2.75) is 6.92 Å². The van der Waals surface area contributed by atoms with Crippen molar-refractivity contribution in [3.05, 3.63) is 48.5 Å². The Hall–Kier alpha value is -2.36. The normalized spacial score (nSPS) is 10.0. The first-order valence-corrected chi connectivity index (χ1v) is 7.17. The lowest BCUT2D eigenvalue weighted by Gasteiger charge is -2.14. The van der Waals surface area contributed by atoms with Crippen LogP contribution in [0.2, 0.25) is 0 Å². The summed E-state index contributed by atoms with van der Waals surface area (Å²) in [6, 6.07) is 15.9. The average Bonchev–Trinajstić information content (AvgIpc) is 2.53. The Balaban J connectivity index is 1.85. The molecular formula is C17H22N2O2. The lowest BCUT2D eigenvalue weighted by molar-refractivity contribution is 0.342. The van der Waals surface area contributed by atoms with Crippen molar-refractivity contribution in [1.82, 2.24) is 0 Å². The van der Waals surface area contributed by atoms with E-state index >= 15 is 0 Å². The van der Waals surface area contributed by atoms with Crippen molar-refractivity contribution in [1.29, 1.82) is 0 Å². The zero-order chi connectivity index (χ0) is 14.9. The van der Waals surface area contributed by atoms with Crippen LogP contribution in [0.5, 0.6) is 11.5 Å². The Morgan fingerprint density at radius 3 is 1.90 bits per heavy atom. The number of nitrogens with one attached hydrogen (secondary N) is 2. The van der Waals surface area contributed by atoms with Crippen LogP contribution in [-0.2, 0) is 0 Å². The van der Waals surface area contributed by atoms with Crippen LogP contribution < -0.4 is 20.1 Å². The lowest BCUT2D eigenvalue weighted by Crippen LogP contribution is -2.14. The fourth-order valence-electron chi connectivity index (χ4n) is 2.08. The van der Waals surface area contributed by atoms with Crippen LogP contribution >= 0.6 is 0 Å². The molecule has 0 aromatic heterocycles. The summed E-state index contributed by atoms with van der Waals surface area (Å²) in [6.07, 6.45) is 0. The van der Waals surface area contributed by atoms with Crippen LogP contribution in [0.15, 0.2) is 48.5 Å². The lowest BCUT2D eigenvalue weighted by atomic mass is 10.3. The molecule has 0 saturated carbocycles. The highest BCUT2D eigenvalue weighted by Gasteiger charge is 2.02. The molecule has 0 atom stereocenters. The zero-order valence-corrected chi connectivity index (χ0v) is 12.6. The van der Waals surface area contributed by atoms with E-state index < -0.39 is 0 Å². The van der Waals surface area contributed by atoms with E-state index in [1.54, 1.807) is 7.11 Å². The van der Waals surface area contributed by atoms with Gasteiger partial charge in [0.05, 0.1) is 25.1 Å². The van der Waals surface area contributed by atoms with E-state index in [0.29, 0.717) is 6.61 Å². The maximum absolute atomic E-state index is 5.59. The van der Waals surface area contributed by atoms with Gasteiger partial charge in [-0.25, -0.2) is 0 Å². The molecule has 0 aliphatic heterocycles. The van der Waals surface area contributed by atoms with Crippen molar-refractivity contribution in [2.24, 2.45) is 0 Å². The topological polar surface area (TPSA) is 42.5 Å². The van der Waals surface area contributed by atoms with E-state index in [4.69, 9.17) is 9.47 Å². The highest BCUT2D eigenvalue weighted by Crippen LogP contribution is 2.24. The molecule has 0 heterocycles. The summed E-state index contributed by atoms with van der Waals surface area (Å²) in [5.41, 5.74) is 2.01. The number of methoxy groups -OCH3 is 1. The fourth-order valence-corrected chi connectivity index (χ4v) is 2.08. The van der Waals surface area contributed by atoms with E-state index in [1.165, 1.54) is 0 Å². The predicted octanol–water partition coefficient (Wildman–Crippen LogP) is 3.62. The van der Waals surface area contributed by atoms with E-state index in [0.717, 1.165) is 36.0 Å². The second-order valence-corrected chi connectivity index (χ2v) is 4.48. The molecule has 2 aromatic carbocycles. The Labute approximate surface area is 126 Å². The molecule has 0 fully saturated rings. The molecule has 0 aliphatic carbocycles. The first-order chi connectivity index (χ1) is 10.3. The molecule has 21 heavy (non-hydrogen) atoms. The summed E-state index contributed by atoms with van der Waals surface area (Å²) in [6.45, 7) is 4.24. The standard InChI is InChI=1S/C17H22N2O2/c1-3-21-17-11-7-5-9-15(17)19-13-12-18-14-8-4-6-10-16(14)20-2/h4-11,18-19H,3,12-13H2,1-2H3. The number of hydrogen-bond acceptors (Lipinski definition) is 4. The van der Waals surface area contributed by atoms with Gasteiger partial charge in [0.1, 0.15) is 11.5 Å². The van der Waals surface area contributed by atoms with Gasteiger partial charge >= 0.3 is 0 Å². The van der Waals surface area contributed by atoms with Crippen LogP contribution in [-0.4, -0.2) is 26.8 Å². The van der Waals surface area contributed by atoms with Crippen molar-refractivity contribution >= 4 is 11.4 Å². The van der Waals surface area contributed by atoms with E-state index in [-0.39, 0.29) is 0 Å². The van der Waals surface area contributed by atoms with Crippen molar-refractivity contribution in [3.63, 3.8) is 0 Å². The third-order valence-corrected chi connectivity index (χ3v) is 3.05. The molecule has 0 bridgehead atoms. The summed E-state index contributed by atoms with van der Waals surface area (Å²) >= 11 is 0. The number of benzene rings is 2. The van der Waals surface area contributed by atoms with E-state index in [9.17, 15) is 0 Å². The van der Waals surface area contributed by atoms with Gasteiger partial charge in [-0.2, -0.15) is 0 Å². The largest absolute Gasteiger partial charge is 0.495 e. The molecule has 0 saturated heterocycles.